The van der Waals surface area contributed by atoms with Gasteiger partial charge in [0.05, 0.1) is 6.61 Å². The number of methoxy groups -OCH3 is 1. The van der Waals surface area contributed by atoms with E-state index in [0.29, 0.717) is 6.54 Å². The van der Waals surface area contributed by atoms with Crippen molar-refractivity contribution in [1.29, 1.82) is 0 Å². The van der Waals surface area contributed by atoms with Crippen LogP contribution in [0, 0.1) is 0 Å². The molecule has 1 unspecified atom stereocenters. The molecule has 0 amide bonds. The fourth-order valence-corrected chi connectivity index (χ4v) is 2.53. The first-order chi connectivity index (χ1) is 7.77. The molecule has 4 heteroatoms. The number of benzene rings is 1. The summed E-state index contributed by atoms with van der Waals surface area (Å²) in [6, 6.07) is 6.33. The minimum absolute atomic E-state index is 0.281. The summed E-state index contributed by atoms with van der Waals surface area (Å²) in [4.78, 5) is 2.32. The van der Waals surface area contributed by atoms with Crippen molar-refractivity contribution in [1.82, 2.24) is 4.90 Å². The van der Waals surface area contributed by atoms with Crippen molar-refractivity contribution in [2.24, 2.45) is 5.73 Å². The largest absolute Gasteiger partial charge is 0.383 e. The van der Waals surface area contributed by atoms with Gasteiger partial charge in [-0.1, -0.05) is 23.7 Å². The molecule has 2 rings (SSSR count). The van der Waals surface area contributed by atoms with Gasteiger partial charge in [-0.2, -0.15) is 0 Å². The van der Waals surface area contributed by atoms with Gasteiger partial charge in [0.25, 0.3) is 0 Å². The number of rotatable bonds is 4. The standard InChI is InChI=1S/C12H17ClN2O/c1-16-6-5-15-8-10-9(12(15)7-14)3-2-4-11(10)13/h2-4,12H,5-8,14H2,1H3. The van der Waals surface area contributed by atoms with Gasteiger partial charge in [0.1, 0.15) is 0 Å². The normalized spacial score (nSPS) is 20.1. The molecule has 0 saturated carbocycles. The van der Waals surface area contributed by atoms with E-state index < -0.39 is 0 Å². The molecule has 1 aliphatic heterocycles. The van der Waals surface area contributed by atoms with Crippen LogP contribution in [0.15, 0.2) is 18.2 Å². The lowest BCUT2D eigenvalue weighted by atomic mass is 10.1. The first kappa shape index (κ1) is 11.9. The minimum Gasteiger partial charge on any atom is -0.383 e. The summed E-state index contributed by atoms with van der Waals surface area (Å²) in [6.45, 7) is 3.11. The monoisotopic (exact) mass is 240 g/mol. The van der Waals surface area contributed by atoms with Gasteiger partial charge >= 0.3 is 0 Å². The maximum absolute atomic E-state index is 6.19. The second-order valence-corrected chi connectivity index (χ2v) is 4.43. The van der Waals surface area contributed by atoms with Gasteiger partial charge in [0.15, 0.2) is 0 Å². The fraction of sp³-hybridized carbons (Fsp3) is 0.500. The molecule has 0 aromatic heterocycles. The third-order valence-electron chi connectivity index (χ3n) is 3.12. The van der Waals surface area contributed by atoms with Crippen molar-refractivity contribution in [3.63, 3.8) is 0 Å². The molecule has 1 atom stereocenters. The highest BCUT2D eigenvalue weighted by Gasteiger charge is 2.29. The second kappa shape index (κ2) is 5.15. The summed E-state index contributed by atoms with van der Waals surface area (Å²) < 4.78 is 5.11. The van der Waals surface area contributed by atoms with Crippen LogP contribution in [0.3, 0.4) is 0 Å². The summed E-state index contributed by atoms with van der Waals surface area (Å²) in [7, 11) is 1.72. The van der Waals surface area contributed by atoms with Crippen LogP contribution in [-0.2, 0) is 11.3 Å². The zero-order chi connectivity index (χ0) is 11.5. The Balaban J connectivity index is 2.22. The molecule has 0 radical (unpaired) electrons. The lowest BCUT2D eigenvalue weighted by molar-refractivity contribution is 0.128. The SMILES string of the molecule is COCCN1Cc2c(Cl)cccc2C1CN. The van der Waals surface area contributed by atoms with Crippen molar-refractivity contribution in [3.05, 3.63) is 34.3 Å². The van der Waals surface area contributed by atoms with E-state index in [2.05, 4.69) is 11.0 Å². The molecule has 16 heavy (non-hydrogen) atoms. The van der Waals surface area contributed by atoms with Gasteiger partial charge in [0.2, 0.25) is 0 Å². The van der Waals surface area contributed by atoms with Gasteiger partial charge in [-0.3, -0.25) is 4.90 Å². The Kier molecular flexibility index (Phi) is 3.82. The molecule has 1 aromatic carbocycles. The molecule has 1 aromatic rings. The van der Waals surface area contributed by atoms with Crippen molar-refractivity contribution in [3.8, 4) is 0 Å². The molecule has 0 saturated heterocycles. The highest BCUT2D eigenvalue weighted by molar-refractivity contribution is 6.31. The van der Waals surface area contributed by atoms with Crippen LogP contribution in [0.1, 0.15) is 17.2 Å². The number of hydrogen-bond acceptors (Lipinski definition) is 3. The van der Waals surface area contributed by atoms with Gasteiger partial charge in [-0.15, -0.1) is 0 Å². The van der Waals surface area contributed by atoms with Crippen molar-refractivity contribution in [2.45, 2.75) is 12.6 Å². The summed E-state index contributed by atoms with van der Waals surface area (Å²) in [6.07, 6.45) is 0. The Hall–Kier alpha value is -0.610. The maximum atomic E-state index is 6.19. The zero-order valence-electron chi connectivity index (χ0n) is 9.45. The molecule has 0 bridgehead atoms. The summed E-state index contributed by atoms with van der Waals surface area (Å²) in [5.74, 6) is 0. The summed E-state index contributed by atoms with van der Waals surface area (Å²) >= 11 is 6.19. The zero-order valence-corrected chi connectivity index (χ0v) is 10.2. The Morgan fingerprint density at radius 2 is 2.38 bits per heavy atom. The van der Waals surface area contributed by atoms with Crippen molar-refractivity contribution in [2.75, 3.05) is 26.8 Å². The van der Waals surface area contributed by atoms with E-state index in [1.807, 2.05) is 12.1 Å². The Morgan fingerprint density at radius 1 is 1.56 bits per heavy atom. The third kappa shape index (κ3) is 2.09. The van der Waals surface area contributed by atoms with Crippen LogP contribution < -0.4 is 5.73 Å². The molecule has 2 N–H and O–H groups in total. The lowest BCUT2D eigenvalue weighted by Gasteiger charge is -2.23. The Labute approximate surface area is 101 Å². The van der Waals surface area contributed by atoms with Crippen LogP contribution in [0.4, 0.5) is 0 Å². The molecule has 1 aliphatic rings. The average Bonchev–Trinajstić information content (AvgIpc) is 2.65. The molecule has 3 nitrogen and oxygen atoms in total. The van der Waals surface area contributed by atoms with Gasteiger partial charge in [-0.25, -0.2) is 0 Å². The average molecular weight is 241 g/mol. The van der Waals surface area contributed by atoms with Crippen LogP contribution in [0.2, 0.25) is 5.02 Å². The Bertz CT molecular complexity index is 370. The van der Waals surface area contributed by atoms with E-state index in [4.69, 9.17) is 22.1 Å². The van der Waals surface area contributed by atoms with Crippen LogP contribution in [-0.4, -0.2) is 31.7 Å². The predicted octanol–water partition coefficient (Wildman–Crippen LogP) is 1.80. The van der Waals surface area contributed by atoms with Crippen LogP contribution in [0.25, 0.3) is 0 Å². The second-order valence-electron chi connectivity index (χ2n) is 4.02. The van der Waals surface area contributed by atoms with Gasteiger partial charge in [0, 0.05) is 37.8 Å². The molecular formula is C12H17ClN2O. The van der Waals surface area contributed by atoms with Crippen molar-refractivity contribution < 1.29 is 4.74 Å². The number of hydrogen-bond donors (Lipinski definition) is 1. The number of ether oxygens (including phenoxy) is 1. The smallest absolute Gasteiger partial charge is 0.0590 e. The van der Waals surface area contributed by atoms with Gasteiger partial charge in [-0.05, 0) is 17.2 Å². The third-order valence-corrected chi connectivity index (χ3v) is 3.48. The number of nitrogens with two attached hydrogens (primary N) is 1. The van der Waals surface area contributed by atoms with E-state index in [-0.39, 0.29) is 6.04 Å². The van der Waals surface area contributed by atoms with Crippen LogP contribution >= 0.6 is 11.6 Å². The highest BCUT2D eigenvalue weighted by atomic mass is 35.5. The van der Waals surface area contributed by atoms with E-state index in [9.17, 15) is 0 Å². The number of fused-ring (bicyclic) bond motifs is 1. The van der Waals surface area contributed by atoms with Gasteiger partial charge < -0.3 is 10.5 Å². The Morgan fingerprint density at radius 3 is 3.06 bits per heavy atom. The molecule has 0 fully saturated rings. The van der Waals surface area contributed by atoms with E-state index in [1.165, 1.54) is 11.1 Å². The molecule has 88 valence electrons. The van der Waals surface area contributed by atoms with E-state index >= 15 is 0 Å². The summed E-state index contributed by atoms with van der Waals surface area (Å²) in [5.41, 5.74) is 8.32. The van der Waals surface area contributed by atoms with E-state index in [0.717, 1.165) is 24.7 Å². The topological polar surface area (TPSA) is 38.5 Å². The lowest BCUT2D eigenvalue weighted by Crippen LogP contribution is -2.30. The fourth-order valence-electron chi connectivity index (χ4n) is 2.28. The van der Waals surface area contributed by atoms with Crippen LogP contribution in [0.5, 0.6) is 0 Å². The van der Waals surface area contributed by atoms with E-state index in [1.54, 1.807) is 7.11 Å². The van der Waals surface area contributed by atoms with Crippen molar-refractivity contribution >= 4 is 11.6 Å². The number of halogens is 1. The highest BCUT2D eigenvalue weighted by Crippen LogP contribution is 2.36. The maximum Gasteiger partial charge on any atom is 0.0590 e. The predicted molar refractivity (Wildman–Crippen MR) is 65.5 cm³/mol. The quantitative estimate of drug-likeness (QED) is 0.872. The molecular weight excluding hydrogens is 224 g/mol. The minimum atomic E-state index is 0.281. The first-order valence-corrected chi connectivity index (χ1v) is 5.86. The summed E-state index contributed by atoms with van der Waals surface area (Å²) in [5, 5.41) is 0.843. The molecule has 1 heterocycles. The molecule has 0 aliphatic carbocycles. The molecule has 0 spiro atoms. The number of nitrogens with zero attached hydrogens (tertiary/aromatic N) is 1. The first-order valence-electron chi connectivity index (χ1n) is 5.48.